The van der Waals surface area contributed by atoms with Crippen LogP contribution in [0.3, 0.4) is 0 Å². The number of esters is 1. The van der Waals surface area contributed by atoms with E-state index in [1.807, 2.05) is 6.92 Å². The molecule has 2 heterocycles. The Kier molecular flexibility index (Phi) is 4.38. The number of rotatable bonds is 4. The summed E-state index contributed by atoms with van der Waals surface area (Å²) in [7, 11) is 1.28. The van der Waals surface area contributed by atoms with Crippen LogP contribution in [-0.4, -0.2) is 31.1 Å². The first-order valence-corrected chi connectivity index (χ1v) is 6.21. The van der Waals surface area contributed by atoms with Crippen molar-refractivity contribution in [1.29, 1.82) is 0 Å². The van der Waals surface area contributed by atoms with Gasteiger partial charge in [-0.1, -0.05) is 12.8 Å². The summed E-state index contributed by atoms with van der Waals surface area (Å²) in [5.41, 5.74) is 0. The number of hydrogen-bond donors (Lipinski definition) is 0. The Balaban J connectivity index is 1.96. The molecule has 0 spiro atoms. The van der Waals surface area contributed by atoms with Gasteiger partial charge in [-0.2, -0.15) is 0 Å². The second kappa shape index (κ2) is 6.22. The van der Waals surface area contributed by atoms with Gasteiger partial charge < -0.3 is 13.9 Å². The van der Waals surface area contributed by atoms with Crippen LogP contribution in [0.5, 0.6) is 0 Å². The van der Waals surface area contributed by atoms with E-state index in [2.05, 4.69) is 16.6 Å². The smallest absolute Gasteiger partial charge is 0.330 e. The lowest BCUT2D eigenvalue weighted by Gasteiger charge is -1.88. The molecule has 0 bridgehead atoms. The molecule has 1 aromatic rings. The van der Waals surface area contributed by atoms with Gasteiger partial charge in [0.05, 0.1) is 13.2 Å². The summed E-state index contributed by atoms with van der Waals surface area (Å²) >= 11 is 0. The third kappa shape index (κ3) is 3.59. The zero-order valence-corrected chi connectivity index (χ0v) is 11.2. The van der Waals surface area contributed by atoms with E-state index >= 15 is 0 Å². The van der Waals surface area contributed by atoms with Crippen LogP contribution in [0.1, 0.15) is 29.7 Å². The third-order valence-corrected chi connectivity index (χ3v) is 2.75. The van der Waals surface area contributed by atoms with Crippen molar-refractivity contribution in [2.24, 2.45) is 0 Å². The molecular formula is C15H14O5. The van der Waals surface area contributed by atoms with Crippen molar-refractivity contribution in [3.63, 3.8) is 0 Å². The molecule has 20 heavy (non-hydrogen) atoms. The molecule has 5 nitrogen and oxygen atoms in total. The second-order valence-electron chi connectivity index (χ2n) is 4.16. The molecule has 0 aliphatic carbocycles. The average molecular weight is 274 g/mol. The van der Waals surface area contributed by atoms with Crippen molar-refractivity contribution in [3.05, 3.63) is 29.7 Å². The number of furan rings is 1. The zero-order chi connectivity index (χ0) is 14.5. The van der Waals surface area contributed by atoms with Gasteiger partial charge in [0.15, 0.2) is 5.76 Å². The van der Waals surface area contributed by atoms with Crippen LogP contribution in [0.4, 0.5) is 0 Å². The van der Waals surface area contributed by atoms with E-state index in [9.17, 15) is 9.59 Å². The van der Waals surface area contributed by atoms with Gasteiger partial charge >= 0.3 is 5.97 Å². The number of epoxide rings is 1. The Bertz CT molecular complexity index is 599. The highest BCUT2D eigenvalue weighted by Gasteiger charge is 2.35. The maximum Gasteiger partial charge on any atom is 0.330 e. The lowest BCUT2D eigenvalue weighted by Crippen LogP contribution is -1.94. The number of Topliss-reactive ketones (excluding diaryl/α,β-unsaturated/α-hetero) is 1. The Morgan fingerprint density at radius 2 is 2.25 bits per heavy atom. The summed E-state index contributed by atoms with van der Waals surface area (Å²) in [6.45, 7) is 2.00. The average Bonchev–Trinajstić information content (AvgIpc) is 3.07. The molecule has 2 rings (SSSR count). The van der Waals surface area contributed by atoms with Gasteiger partial charge in [0.2, 0.25) is 0 Å². The summed E-state index contributed by atoms with van der Waals surface area (Å²) < 4.78 is 14.9. The molecule has 0 unspecified atom stereocenters. The largest absolute Gasteiger partial charge is 0.466 e. The highest BCUT2D eigenvalue weighted by molar-refractivity contribution is 6.07. The maximum absolute atomic E-state index is 11.7. The van der Waals surface area contributed by atoms with Crippen LogP contribution in [0.25, 0.3) is 6.08 Å². The second-order valence-corrected chi connectivity index (χ2v) is 4.16. The SMILES string of the molecule is CC[C@H]1O[C@H]1C#CC(=O)c1ccc(/C=C/C(=O)OC)o1. The van der Waals surface area contributed by atoms with E-state index in [0.717, 1.165) is 6.42 Å². The first-order chi connectivity index (χ1) is 9.63. The van der Waals surface area contributed by atoms with Gasteiger partial charge in [-0.15, -0.1) is 0 Å². The van der Waals surface area contributed by atoms with Gasteiger partial charge in [0.25, 0.3) is 5.78 Å². The number of ketones is 1. The molecule has 1 fully saturated rings. The van der Waals surface area contributed by atoms with Crippen molar-refractivity contribution in [2.75, 3.05) is 7.11 Å². The minimum Gasteiger partial charge on any atom is -0.466 e. The lowest BCUT2D eigenvalue weighted by molar-refractivity contribution is -0.134. The van der Waals surface area contributed by atoms with Gasteiger partial charge in [0.1, 0.15) is 11.9 Å². The van der Waals surface area contributed by atoms with Crippen LogP contribution in [0.15, 0.2) is 22.6 Å². The molecule has 0 N–H and O–H groups in total. The zero-order valence-electron chi connectivity index (χ0n) is 11.2. The summed E-state index contributed by atoms with van der Waals surface area (Å²) in [4.78, 5) is 22.7. The maximum atomic E-state index is 11.7. The fraction of sp³-hybridized carbons (Fsp3) is 0.333. The monoisotopic (exact) mass is 274 g/mol. The molecule has 0 amide bonds. The predicted octanol–water partition coefficient (Wildman–Crippen LogP) is 1.83. The van der Waals surface area contributed by atoms with Crippen molar-refractivity contribution in [2.45, 2.75) is 25.6 Å². The Morgan fingerprint density at radius 3 is 2.90 bits per heavy atom. The molecule has 0 aromatic carbocycles. The van der Waals surface area contributed by atoms with E-state index in [1.165, 1.54) is 25.3 Å². The van der Waals surface area contributed by atoms with Gasteiger partial charge in [-0.25, -0.2) is 4.79 Å². The molecular weight excluding hydrogens is 260 g/mol. The number of ether oxygens (including phenoxy) is 2. The van der Waals surface area contributed by atoms with Crippen molar-refractivity contribution < 1.29 is 23.5 Å². The van der Waals surface area contributed by atoms with Crippen molar-refractivity contribution in [3.8, 4) is 11.8 Å². The fourth-order valence-corrected chi connectivity index (χ4v) is 1.56. The molecule has 0 radical (unpaired) electrons. The molecule has 2 atom stereocenters. The summed E-state index contributed by atoms with van der Waals surface area (Å²) in [6.07, 6.45) is 3.52. The Morgan fingerprint density at radius 1 is 1.45 bits per heavy atom. The van der Waals surface area contributed by atoms with E-state index in [1.54, 1.807) is 6.07 Å². The summed E-state index contributed by atoms with van der Waals surface area (Å²) in [6, 6.07) is 3.09. The highest BCUT2D eigenvalue weighted by Crippen LogP contribution is 2.23. The molecule has 1 aliphatic heterocycles. The number of carbonyl (C=O) groups excluding carboxylic acids is 2. The first kappa shape index (κ1) is 14.1. The van der Waals surface area contributed by atoms with Crippen molar-refractivity contribution in [1.82, 2.24) is 0 Å². The molecule has 5 heteroatoms. The predicted molar refractivity (Wildman–Crippen MR) is 70.8 cm³/mol. The molecule has 1 aromatic heterocycles. The molecule has 1 saturated heterocycles. The summed E-state index contributed by atoms with van der Waals surface area (Å²) in [5, 5.41) is 0. The van der Waals surface area contributed by atoms with Crippen LogP contribution >= 0.6 is 0 Å². The number of hydrogen-bond acceptors (Lipinski definition) is 5. The standard InChI is InChI=1S/C15H14O5/c1-3-12-14(20-12)8-6-11(16)13-7-4-10(19-13)5-9-15(17)18-2/h4-5,7,9,12,14H,3H2,1-2H3/b9-5+/t12-,14+/m1/s1. The Labute approximate surface area is 116 Å². The molecule has 1 aliphatic rings. The van der Waals surface area contributed by atoms with E-state index < -0.39 is 11.8 Å². The van der Waals surface area contributed by atoms with E-state index in [4.69, 9.17) is 9.15 Å². The normalized spacial score (nSPS) is 20.3. The Hall–Kier alpha value is -2.32. The van der Waals surface area contributed by atoms with Gasteiger partial charge in [0, 0.05) is 6.08 Å². The topological polar surface area (TPSA) is 69.0 Å². The lowest BCUT2D eigenvalue weighted by atomic mass is 10.2. The minimum atomic E-state index is -0.495. The van der Waals surface area contributed by atoms with Crippen molar-refractivity contribution >= 4 is 17.8 Å². The minimum absolute atomic E-state index is 0.135. The van der Waals surface area contributed by atoms with Crippen LogP contribution in [-0.2, 0) is 14.3 Å². The number of carbonyl (C=O) groups is 2. The molecule has 104 valence electrons. The summed E-state index contributed by atoms with van der Waals surface area (Å²) in [5.74, 6) is 4.86. The first-order valence-electron chi connectivity index (χ1n) is 6.21. The van der Waals surface area contributed by atoms with Crippen LogP contribution in [0, 0.1) is 11.8 Å². The molecule has 0 saturated carbocycles. The van der Waals surface area contributed by atoms with Gasteiger partial charge in [-0.05, 0) is 30.6 Å². The highest BCUT2D eigenvalue weighted by atomic mass is 16.6. The van der Waals surface area contributed by atoms with Gasteiger partial charge in [-0.3, -0.25) is 4.79 Å². The third-order valence-electron chi connectivity index (χ3n) is 2.75. The number of methoxy groups -OCH3 is 1. The van der Waals surface area contributed by atoms with Crippen LogP contribution in [0.2, 0.25) is 0 Å². The fourth-order valence-electron chi connectivity index (χ4n) is 1.56. The van der Waals surface area contributed by atoms with Crippen LogP contribution < -0.4 is 0 Å². The quantitative estimate of drug-likeness (QED) is 0.209. The van der Waals surface area contributed by atoms with E-state index in [-0.39, 0.29) is 18.0 Å². The van der Waals surface area contributed by atoms with E-state index in [0.29, 0.717) is 5.76 Å².